The molecular weight excluding hydrogens is 149 g/mol. The van der Waals surface area contributed by atoms with Crippen molar-refractivity contribution < 1.29 is 9.13 Å². The average molecular weight is 155 g/mol. The molecule has 58 valence electrons. The van der Waals surface area contributed by atoms with Gasteiger partial charge in [0, 0.05) is 0 Å². The number of rotatable bonds is 1. The number of hydrogen-bond acceptors (Lipinski definition) is 3. The Morgan fingerprint density at radius 1 is 1.55 bits per heavy atom. The van der Waals surface area contributed by atoms with E-state index in [1.165, 1.54) is 7.05 Å². The van der Waals surface area contributed by atoms with Crippen molar-refractivity contribution in [3.8, 4) is 0 Å². The summed E-state index contributed by atoms with van der Waals surface area (Å²) >= 11 is 0. The van der Waals surface area contributed by atoms with E-state index < -0.39 is 5.82 Å². The van der Waals surface area contributed by atoms with E-state index in [1.54, 1.807) is 0 Å². The molecule has 0 fully saturated rings. The van der Waals surface area contributed by atoms with E-state index in [-0.39, 0.29) is 5.82 Å². The minimum atomic E-state index is -0.518. The lowest BCUT2D eigenvalue weighted by molar-refractivity contribution is -0.417. The molecule has 0 aliphatic rings. The van der Waals surface area contributed by atoms with Gasteiger partial charge in [0.2, 0.25) is 12.0 Å². The molecule has 0 atom stereocenters. The minimum absolute atomic E-state index is 0.198. The molecule has 4 nitrogen and oxygen atoms in total. The maximum Gasteiger partial charge on any atom is 0.219 e. The van der Waals surface area contributed by atoms with Gasteiger partial charge in [-0.15, -0.1) is 0 Å². The second-order valence-electron chi connectivity index (χ2n) is 1.93. The highest BCUT2D eigenvalue weighted by Crippen LogP contribution is 1.89. The number of hydroxylamine groups is 1. The predicted molar refractivity (Wildman–Crippen MR) is 36.7 cm³/mol. The second-order valence-corrected chi connectivity index (χ2v) is 1.93. The SMILES string of the molecule is C/[N+]([O-])=C/c1ncc(F)cn1. The Morgan fingerprint density at radius 2 is 2.09 bits per heavy atom. The zero-order valence-electron chi connectivity index (χ0n) is 5.86. The fourth-order valence-corrected chi connectivity index (χ4v) is 0.552. The first-order valence-electron chi connectivity index (χ1n) is 2.91. The Hall–Kier alpha value is -1.52. The van der Waals surface area contributed by atoms with Crippen molar-refractivity contribution in [2.75, 3.05) is 7.05 Å². The Balaban J connectivity index is 2.91. The quantitative estimate of drug-likeness (QED) is 0.251. The number of hydrogen-bond donors (Lipinski definition) is 0. The first-order valence-corrected chi connectivity index (χ1v) is 2.91. The van der Waals surface area contributed by atoms with Gasteiger partial charge in [0.15, 0.2) is 5.82 Å². The first-order chi connectivity index (χ1) is 5.18. The molecule has 0 N–H and O–H groups in total. The molecule has 0 bridgehead atoms. The standard InChI is InChI=1S/C6H6FN3O/c1-10(11)4-6-8-2-5(7)3-9-6/h2-4H,1H3/b10-4-. The molecule has 0 saturated heterocycles. The first kappa shape index (κ1) is 7.59. The monoisotopic (exact) mass is 155 g/mol. The Kier molecular flexibility index (Phi) is 2.10. The lowest BCUT2D eigenvalue weighted by atomic mass is 10.6. The van der Waals surface area contributed by atoms with E-state index in [0.29, 0.717) is 4.74 Å². The van der Waals surface area contributed by atoms with Gasteiger partial charge in [-0.25, -0.2) is 19.1 Å². The molecule has 1 rings (SSSR count). The van der Waals surface area contributed by atoms with Crippen LogP contribution in [0.25, 0.3) is 0 Å². The molecule has 5 heteroatoms. The summed E-state index contributed by atoms with van der Waals surface area (Å²) in [7, 11) is 1.30. The van der Waals surface area contributed by atoms with Gasteiger partial charge in [-0.3, -0.25) is 0 Å². The minimum Gasteiger partial charge on any atom is -0.624 e. The lowest BCUT2D eigenvalue weighted by Gasteiger charge is -1.93. The van der Waals surface area contributed by atoms with Crippen LogP contribution in [0.4, 0.5) is 4.39 Å². The predicted octanol–water partition coefficient (Wildman–Crippen LogP) is 0.175. The Morgan fingerprint density at radius 3 is 2.55 bits per heavy atom. The maximum atomic E-state index is 12.2. The molecule has 11 heavy (non-hydrogen) atoms. The van der Waals surface area contributed by atoms with Crippen LogP contribution in [0, 0.1) is 11.0 Å². The summed E-state index contributed by atoms with van der Waals surface area (Å²) in [6.45, 7) is 0. The van der Waals surface area contributed by atoms with Gasteiger partial charge in [0.1, 0.15) is 7.05 Å². The zero-order chi connectivity index (χ0) is 8.27. The molecule has 0 unspecified atom stereocenters. The van der Waals surface area contributed by atoms with E-state index in [2.05, 4.69) is 9.97 Å². The summed E-state index contributed by atoms with van der Waals surface area (Å²) in [5.74, 6) is -0.320. The van der Waals surface area contributed by atoms with Crippen LogP contribution in [0.1, 0.15) is 5.82 Å². The number of halogens is 1. The lowest BCUT2D eigenvalue weighted by Crippen LogP contribution is -2.02. The van der Waals surface area contributed by atoms with Crippen molar-refractivity contribution in [2.45, 2.75) is 0 Å². The highest BCUT2D eigenvalue weighted by atomic mass is 19.1. The van der Waals surface area contributed by atoms with Crippen LogP contribution in [0.2, 0.25) is 0 Å². The van der Waals surface area contributed by atoms with E-state index in [0.717, 1.165) is 18.6 Å². The molecular formula is C6H6FN3O. The normalized spacial score (nSPS) is 11.6. The highest BCUT2D eigenvalue weighted by molar-refractivity contribution is 5.69. The summed E-state index contributed by atoms with van der Waals surface area (Å²) in [6, 6.07) is 0. The molecule has 0 aliphatic carbocycles. The summed E-state index contributed by atoms with van der Waals surface area (Å²) in [5, 5.41) is 10.4. The van der Waals surface area contributed by atoms with Crippen molar-refractivity contribution >= 4 is 6.21 Å². The maximum absolute atomic E-state index is 12.2. The number of aromatic nitrogens is 2. The van der Waals surface area contributed by atoms with E-state index >= 15 is 0 Å². The fraction of sp³-hybridized carbons (Fsp3) is 0.167. The van der Waals surface area contributed by atoms with Crippen LogP contribution in [0.3, 0.4) is 0 Å². The van der Waals surface area contributed by atoms with Crippen molar-refractivity contribution in [1.82, 2.24) is 9.97 Å². The Labute approximate surface area is 62.6 Å². The van der Waals surface area contributed by atoms with Crippen molar-refractivity contribution in [3.05, 3.63) is 29.2 Å². The van der Waals surface area contributed by atoms with Gasteiger partial charge in [-0.1, -0.05) is 0 Å². The molecule has 1 heterocycles. The van der Waals surface area contributed by atoms with E-state index in [1.807, 2.05) is 0 Å². The van der Waals surface area contributed by atoms with E-state index in [9.17, 15) is 9.60 Å². The van der Waals surface area contributed by atoms with Crippen LogP contribution in [0.5, 0.6) is 0 Å². The Bertz CT molecular complexity index is 266. The highest BCUT2D eigenvalue weighted by Gasteiger charge is 1.95. The zero-order valence-corrected chi connectivity index (χ0v) is 5.86. The van der Waals surface area contributed by atoms with Gasteiger partial charge >= 0.3 is 0 Å². The topological polar surface area (TPSA) is 51.9 Å². The number of nitrogens with zero attached hydrogens (tertiary/aromatic N) is 3. The molecule has 0 spiro atoms. The fourth-order valence-electron chi connectivity index (χ4n) is 0.552. The largest absolute Gasteiger partial charge is 0.624 e. The van der Waals surface area contributed by atoms with Crippen LogP contribution in [-0.4, -0.2) is 28.0 Å². The smallest absolute Gasteiger partial charge is 0.219 e. The summed E-state index contributed by atoms with van der Waals surface area (Å²) < 4.78 is 12.7. The molecule has 0 radical (unpaired) electrons. The molecule has 0 aromatic carbocycles. The third-order valence-electron chi connectivity index (χ3n) is 0.938. The summed E-state index contributed by atoms with van der Waals surface area (Å²) in [4.78, 5) is 7.07. The van der Waals surface area contributed by atoms with Gasteiger partial charge in [0.05, 0.1) is 12.4 Å². The van der Waals surface area contributed by atoms with Crippen molar-refractivity contribution in [1.29, 1.82) is 0 Å². The molecule has 1 aromatic heterocycles. The van der Waals surface area contributed by atoms with Gasteiger partial charge in [0.25, 0.3) is 0 Å². The van der Waals surface area contributed by atoms with E-state index in [4.69, 9.17) is 0 Å². The van der Waals surface area contributed by atoms with Crippen molar-refractivity contribution in [3.63, 3.8) is 0 Å². The van der Waals surface area contributed by atoms with Gasteiger partial charge in [-0.2, -0.15) is 0 Å². The summed E-state index contributed by atoms with van der Waals surface area (Å²) in [6.07, 6.45) is 3.16. The van der Waals surface area contributed by atoms with Crippen LogP contribution in [0.15, 0.2) is 12.4 Å². The molecule has 0 saturated carbocycles. The summed E-state index contributed by atoms with van der Waals surface area (Å²) in [5.41, 5.74) is 0. The molecule has 0 aliphatic heterocycles. The van der Waals surface area contributed by atoms with Crippen LogP contribution >= 0.6 is 0 Å². The van der Waals surface area contributed by atoms with Crippen LogP contribution < -0.4 is 0 Å². The average Bonchev–Trinajstić information content (AvgIpc) is 1.93. The third-order valence-corrected chi connectivity index (χ3v) is 0.938. The van der Waals surface area contributed by atoms with Crippen molar-refractivity contribution in [2.24, 2.45) is 0 Å². The van der Waals surface area contributed by atoms with Crippen LogP contribution in [-0.2, 0) is 0 Å². The molecule has 0 amide bonds. The third kappa shape index (κ3) is 2.29. The molecule has 1 aromatic rings. The van der Waals surface area contributed by atoms with Gasteiger partial charge in [-0.05, 0) is 0 Å². The van der Waals surface area contributed by atoms with Gasteiger partial charge < -0.3 is 5.21 Å². The second kappa shape index (κ2) is 3.05.